The Labute approximate surface area is 180 Å². The molecule has 0 radical (unpaired) electrons. The summed E-state index contributed by atoms with van der Waals surface area (Å²) < 4.78 is 5.67. The normalized spacial score (nSPS) is 21.1. The Morgan fingerprint density at radius 1 is 1.20 bits per heavy atom. The van der Waals surface area contributed by atoms with Gasteiger partial charge in [0.15, 0.2) is 0 Å². The zero-order valence-corrected chi connectivity index (χ0v) is 18.4. The molecule has 2 saturated heterocycles. The van der Waals surface area contributed by atoms with Crippen molar-refractivity contribution < 1.29 is 14.0 Å². The van der Waals surface area contributed by atoms with Gasteiger partial charge in [0.2, 0.25) is 11.8 Å². The van der Waals surface area contributed by atoms with Crippen LogP contribution in [0.15, 0.2) is 21.9 Å². The summed E-state index contributed by atoms with van der Waals surface area (Å²) in [5, 5.41) is 6.08. The van der Waals surface area contributed by atoms with Gasteiger partial charge in [0.25, 0.3) is 0 Å². The topological polar surface area (TPSA) is 81.9 Å². The van der Waals surface area contributed by atoms with Crippen molar-refractivity contribution in [2.24, 2.45) is 0 Å². The zero-order chi connectivity index (χ0) is 21.1. The third-order valence-electron chi connectivity index (χ3n) is 5.74. The Morgan fingerprint density at radius 2 is 2.00 bits per heavy atom. The molecule has 2 aliphatic rings. The lowest BCUT2D eigenvalue weighted by Crippen LogP contribution is -2.57. The number of aromatic nitrogens is 1. The molecule has 162 valence electrons. The fraction of sp³-hybridized carbons (Fsp3) is 0.571. The fourth-order valence-corrected chi connectivity index (χ4v) is 4.71. The van der Waals surface area contributed by atoms with Gasteiger partial charge in [0, 0.05) is 51.2 Å². The fourth-order valence-electron chi connectivity index (χ4n) is 4.10. The van der Waals surface area contributed by atoms with Gasteiger partial charge in [-0.1, -0.05) is 0 Å². The van der Waals surface area contributed by atoms with E-state index in [1.807, 2.05) is 30.9 Å². The number of nitrogens with zero attached hydrogens (tertiary/aromatic N) is 4. The smallest absolute Gasteiger partial charge is 0.237 e. The molecule has 4 heterocycles. The minimum absolute atomic E-state index is 0.0434. The van der Waals surface area contributed by atoms with Crippen LogP contribution in [0, 0.1) is 13.8 Å². The molecule has 0 aliphatic carbocycles. The number of aryl methyl sites for hydroxylation is 2. The Morgan fingerprint density at radius 3 is 2.67 bits per heavy atom. The minimum atomic E-state index is -0.451. The van der Waals surface area contributed by atoms with Gasteiger partial charge in [-0.25, -0.2) is 4.98 Å². The van der Waals surface area contributed by atoms with Crippen LogP contribution in [0.2, 0.25) is 0 Å². The van der Waals surface area contributed by atoms with E-state index in [2.05, 4.69) is 25.5 Å². The number of furan rings is 1. The number of carbonyl (C=O) groups excluding carboxylic acids is 2. The second-order valence-corrected chi connectivity index (χ2v) is 9.07. The quantitative estimate of drug-likeness (QED) is 0.744. The predicted molar refractivity (Wildman–Crippen MR) is 114 cm³/mol. The molecule has 1 N–H and O–H groups in total. The number of piperazine rings is 2. The van der Waals surface area contributed by atoms with E-state index in [-0.39, 0.29) is 18.2 Å². The maximum Gasteiger partial charge on any atom is 0.237 e. The Kier molecular flexibility index (Phi) is 6.50. The molecule has 0 aromatic carbocycles. The van der Waals surface area contributed by atoms with Crippen LogP contribution < -0.4 is 5.32 Å². The average Bonchev–Trinajstić information content (AvgIpc) is 3.32. The SMILES string of the molecule is Cc1ccc(CN2CCNC(=O)C2CC(=O)N2CCN(Cc3csc(C)n3)CC2)o1. The van der Waals surface area contributed by atoms with E-state index in [0.717, 1.165) is 41.9 Å². The van der Waals surface area contributed by atoms with Crippen LogP contribution in [0.25, 0.3) is 0 Å². The molecule has 0 saturated carbocycles. The van der Waals surface area contributed by atoms with E-state index in [4.69, 9.17) is 4.42 Å². The molecule has 2 fully saturated rings. The van der Waals surface area contributed by atoms with Crippen LogP contribution >= 0.6 is 11.3 Å². The Bertz CT molecular complexity index is 887. The van der Waals surface area contributed by atoms with Crippen molar-refractivity contribution in [1.82, 2.24) is 25.0 Å². The number of rotatable bonds is 6. The van der Waals surface area contributed by atoms with Crippen LogP contribution in [0.5, 0.6) is 0 Å². The summed E-state index contributed by atoms with van der Waals surface area (Å²) in [5.74, 6) is 1.65. The zero-order valence-electron chi connectivity index (χ0n) is 17.6. The van der Waals surface area contributed by atoms with Gasteiger partial charge in [0.1, 0.15) is 11.5 Å². The van der Waals surface area contributed by atoms with Crippen molar-refractivity contribution in [2.45, 2.75) is 39.4 Å². The van der Waals surface area contributed by atoms with Gasteiger partial charge in [-0.05, 0) is 26.0 Å². The standard InChI is InChI=1S/C21H29N5O3S/c1-15-3-4-18(29-15)13-26-6-5-22-21(28)19(26)11-20(27)25-9-7-24(8-10-25)12-17-14-30-16(2)23-17/h3-4,14,19H,5-13H2,1-2H3,(H,22,28). The maximum atomic E-state index is 12.9. The van der Waals surface area contributed by atoms with Crippen LogP contribution in [-0.4, -0.2) is 76.8 Å². The van der Waals surface area contributed by atoms with E-state index in [9.17, 15) is 9.59 Å². The first-order chi connectivity index (χ1) is 14.5. The number of hydrogen-bond donors (Lipinski definition) is 1. The first-order valence-electron chi connectivity index (χ1n) is 10.5. The molecule has 8 nitrogen and oxygen atoms in total. The lowest BCUT2D eigenvalue weighted by molar-refractivity contribution is -0.140. The van der Waals surface area contributed by atoms with Crippen molar-refractivity contribution in [3.63, 3.8) is 0 Å². The highest BCUT2D eigenvalue weighted by Gasteiger charge is 2.34. The summed E-state index contributed by atoms with van der Waals surface area (Å²) in [5.41, 5.74) is 1.10. The molecule has 2 aliphatic heterocycles. The molecular weight excluding hydrogens is 402 g/mol. The molecule has 30 heavy (non-hydrogen) atoms. The van der Waals surface area contributed by atoms with Crippen LogP contribution in [0.1, 0.15) is 28.6 Å². The first kappa shape index (κ1) is 21.0. The average molecular weight is 432 g/mol. The van der Waals surface area contributed by atoms with Gasteiger partial charge < -0.3 is 14.6 Å². The highest BCUT2D eigenvalue weighted by molar-refractivity contribution is 7.09. The van der Waals surface area contributed by atoms with Crippen LogP contribution in [-0.2, 0) is 22.7 Å². The van der Waals surface area contributed by atoms with Gasteiger partial charge in [-0.15, -0.1) is 11.3 Å². The molecule has 0 spiro atoms. The van der Waals surface area contributed by atoms with Crippen molar-refractivity contribution in [1.29, 1.82) is 0 Å². The molecule has 2 aromatic heterocycles. The third kappa shape index (κ3) is 5.08. The maximum absolute atomic E-state index is 12.9. The van der Waals surface area contributed by atoms with Crippen molar-refractivity contribution >= 4 is 23.2 Å². The molecule has 0 bridgehead atoms. The van der Waals surface area contributed by atoms with Gasteiger partial charge in [-0.3, -0.25) is 19.4 Å². The monoisotopic (exact) mass is 431 g/mol. The highest BCUT2D eigenvalue weighted by atomic mass is 32.1. The molecule has 4 rings (SSSR count). The number of amides is 2. The molecule has 2 aromatic rings. The van der Waals surface area contributed by atoms with Crippen molar-refractivity contribution in [3.05, 3.63) is 39.7 Å². The van der Waals surface area contributed by atoms with E-state index < -0.39 is 6.04 Å². The number of thiazole rings is 1. The minimum Gasteiger partial charge on any atom is -0.465 e. The molecule has 2 amide bonds. The van der Waals surface area contributed by atoms with E-state index in [0.29, 0.717) is 32.7 Å². The van der Waals surface area contributed by atoms with E-state index >= 15 is 0 Å². The molecule has 9 heteroatoms. The van der Waals surface area contributed by atoms with Gasteiger partial charge in [-0.2, -0.15) is 0 Å². The summed E-state index contributed by atoms with van der Waals surface area (Å²) in [4.78, 5) is 36.3. The van der Waals surface area contributed by atoms with Gasteiger partial charge >= 0.3 is 0 Å². The lowest BCUT2D eigenvalue weighted by atomic mass is 10.1. The summed E-state index contributed by atoms with van der Waals surface area (Å²) >= 11 is 1.67. The van der Waals surface area contributed by atoms with E-state index in [1.54, 1.807) is 11.3 Å². The lowest BCUT2D eigenvalue weighted by Gasteiger charge is -2.37. The summed E-state index contributed by atoms with van der Waals surface area (Å²) in [6.45, 7) is 9.63. The number of hydrogen-bond acceptors (Lipinski definition) is 7. The summed E-state index contributed by atoms with van der Waals surface area (Å²) in [6.07, 6.45) is 0.205. The predicted octanol–water partition coefficient (Wildman–Crippen LogP) is 1.39. The third-order valence-corrected chi connectivity index (χ3v) is 6.56. The molecule has 1 unspecified atom stereocenters. The number of carbonyl (C=O) groups is 2. The van der Waals surface area contributed by atoms with Crippen molar-refractivity contribution in [2.75, 3.05) is 39.3 Å². The van der Waals surface area contributed by atoms with Crippen molar-refractivity contribution in [3.8, 4) is 0 Å². The Balaban J connectivity index is 1.31. The largest absolute Gasteiger partial charge is 0.465 e. The highest BCUT2D eigenvalue weighted by Crippen LogP contribution is 2.18. The second-order valence-electron chi connectivity index (χ2n) is 8.01. The van der Waals surface area contributed by atoms with E-state index in [1.165, 1.54) is 0 Å². The Hall–Kier alpha value is -2.23. The molecule has 1 atom stereocenters. The first-order valence-corrected chi connectivity index (χ1v) is 11.3. The van der Waals surface area contributed by atoms with Crippen LogP contribution in [0.3, 0.4) is 0 Å². The van der Waals surface area contributed by atoms with Crippen LogP contribution in [0.4, 0.5) is 0 Å². The second kappa shape index (κ2) is 9.28. The summed E-state index contributed by atoms with van der Waals surface area (Å²) in [6, 6.07) is 3.41. The summed E-state index contributed by atoms with van der Waals surface area (Å²) in [7, 11) is 0. The number of nitrogens with one attached hydrogen (secondary N) is 1. The van der Waals surface area contributed by atoms with Gasteiger partial charge in [0.05, 0.1) is 29.7 Å². The molecular formula is C21H29N5O3S.